The Balaban J connectivity index is 0.000000696. The molecule has 1 aliphatic heterocycles. The van der Waals surface area contributed by atoms with Gasteiger partial charge in [0.2, 0.25) is 0 Å². The molecule has 0 atom stereocenters. The first-order valence-corrected chi connectivity index (χ1v) is 14.8. The number of aromatic nitrogens is 1. The van der Waals surface area contributed by atoms with Crippen molar-refractivity contribution >= 4 is 34.6 Å². The quantitative estimate of drug-likeness (QED) is 0.278. The van der Waals surface area contributed by atoms with Crippen molar-refractivity contribution in [2.75, 3.05) is 49.6 Å². The Bertz CT molecular complexity index is 1230. The number of aliphatic carboxylic acids is 1. The van der Waals surface area contributed by atoms with E-state index in [-0.39, 0.29) is 12.5 Å². The minimum absolute atomic E-state index is 0.0301. The lowest BCUT2D eigenvalue weighted by Crippen LogP contribution is -2.46. The highest BCUT2D eigenvalue weighted by molar-refractivity contribution is 7.15. The number of carboxylic acid groups (broad SMARTS) is 1. The first kappa shape index (κ1) is 31.9. The Morgan fingerprint density at radius 2 is 1.78 bits per heavy atom. The molecule has 4 rings (SSSR count). The van der Waals surface area contributed by atoms with E-state index in [1.807, 2.05) is 25.2 Å². The molecule has 0 radical (unpaired) electrons. The molecule has 0 spiro atoms. The number of nitrogens with zero attached hydrogens (tertiary/aromatic N) is 3. The maximum Gasteiger partial charge on any atom is 0.303 e. The van der Waals surface area contributed by atoms with Crippen molar-refractivity contribution in [3.8, 4) is 5.75 Å². The van der Waals surface area contributed by atoms with Crippen LogP contribution in [-0.4, -0.2) is 68.5 Å². The normalized spacial score (nSPS) is 13.0. The van der Waals surface area contributed by atoms with Crippen LogP contribution in [-0.2, 0) is 33.7 Å². The second-order valence-electron chi connectivity index (χ2n) is 10.0. The number of para-hydroxylation sites is 1. The van der Waals surface area contributed by atoms with E-state index in [1.54, 1.807) is 25.2 Å². The van der Waals surface area contributed by atoms with Crippen LogP contribution < -0.4 is 19.9 Å². The van der Waals surface area contributed by atoms with E-state index in [9.17, 15) is 9.59 Å². The van der Waals surface area contributed by atoms with Crippen LogP contribution in [0.2, 0.25) is 0 Å². The molecular formula is C31H42N4O5S. The summed E-state index contributed by atoms with van der Waals surface area (Å²) in [4.78, 5) is 31.3. The van der Waals surface area contributed by atoms with Crippen LogP contribution in [0.5, 0.6) is 5.75 Å². The second-order valence-corrected chi connectivity index (χ2v) is 11.2. The lowest BCUT2D eigenvalue weighted by Gasteiger charge is -2.36. The third-order valence-corrected chi connectivity index (χ3v) is 7.72. The van der Waals surface area contributed by atoms with E-state index in [4.69, 9.17) is 14.8 Å². The molecular weight excluding hydrogens is 540 g/mol. The van der Waals surface area contributed by atoms with E-state index >= 15 is 0 Å². The van der Waals surface area contributed by atoms with E-state index < -0.39 is 5.97 Å². The number of anilines is 2. The fourth-order valence-electron chi connectivity index (χ4n) is 4.48. The average molecular weight is 583 g/mol. The molecule has 3 aromatic rings. The van der Waals surface area contributed by atoms with Gasteiger partial charge in [-0.2, -0.15) is 0 Å². The summed E-state index contributed by atoms with van der Waals surface area (Å²) in [5.41, 5.74) is 4.51. The van der Waals surface area contributed by atoms with Crippen molar-refractivity contribution in [1.29, 1.82) is 0 Å². The van der Waals surface area contributed by atoms with Crippen LogP contribution in [0.25, 0.3) is 0 Å². The van der Waals surface area contributed by atoms with Crippen molar-refractivity contribution in [2.24, 2.45) is 0 Å². The standard InChI is InChI=1S/C27H34N4O3S.C4H8O2/c1-20-25(12-17-34-24-10-8-21(9-11-26(32)33)22(18-24)19-28-2)29-27(35-20)31-15-13-30(14-16-31)23-6-4-3-5-7-23;1-4(2)6-3-5/h3-8,10,18,28H,9,11-17,19H2,1-2H3,(H,32,33);3-4H,1-2H3. The van der Waals surface area contributed by atoms with Gasteiger partial charge >= 0.3 is 5.97 Å². The molecule has 1 fully saturated rings. The minimum Gasteiger partial charge on any atom is -0.493 e. The summed E-state index contributed by atoms with van der Waals surface area (Å²) >= 11 is 1.77. The van der Waals surface area contributed by atoms with Crippen LogP contribution in [0.15, 0.2) is 48.5 Å². The van der Waals surface area contributed by atoms with Crippen molar-refractivity contribution in [2.45, 2.75) is 52.7 Å². The highest BCUT2D eigenvalue weighted by Crippen LogP contribution is 2.28. The Hall–Kier alpha value is -3.63. The fourth-order valence-corrected chi connectivity index (χ4v) is 5.49. The van der Waals surface area contributed by atoms with E-state index in [0.29, 0.717) is 26.0 Å². The van der Waals surface area contributed by atoms with Gasteiger partial charge in [-0.15, -0.1) is 11.3 Å². The molecule has 9 nitrogen and oxygen atoms in total. The molecule has 10 heteroatoms. The summed E-state index contributed by atoms with van der Waals surface area (Å²) in [6.07, 6.45) is 1.44. The number of hydrogen-bond donors (Lipinski definition) is 2. The predicted molar refractivity (Wildman–Crippen MR) is 164 cm³/mol. The molecule has 222 valence electrons. The zero-order valence-corrected chi connectivity index (χ0v) is 25.3. The van der Waals surface area contributed by atoms with Crippen LogP contribution in [0.1, 0.15) is 42.0 Å². The molecule has 2 aromatic carbocycles. The van der Waals surface area contributed by atoms with Crippen LogP contribution in [0.4, 0.5) is 10.8 Å². The monoisotopic (exact) mass is 582 g/mol. The average Bonchev–Trinajstić information content (AvgIpc) is 3.33. The van der Waals surface area contributed by atoms with Gasteiger partial charge in [-0.3, -0.25) is 9.59 Å². The number of hydrogen-bond acceptors (Lipinski definition) is 9. The summed E-state index contributed by atoms with van der Waals surface area (Å²) in [6.45, 7) is 11.4. The van der Waals surface area contributed by atoms with Gasteiger partial charge in [-0.1, -0.05) is 24.3 Å². The van der Waals surface area contributed by atoms with Crippen LogP contribution in [0, 0.1) is 6.92 Å². The first-order chi connectivity index (χ1) is 19.8. The third kappa shape index (κ3) is 10.4. The van der Waals surface area contributed by atoms with Crippen molar-refractivity contribution in [1.82, 2.24) is 10.3 Å². The van der Waals surface area contributed by atoms with Gasteiger partial charge in [0.05, 0.1) is 18.4 Å². The maximum absolute atomic E-state index is 10.9. The number of nitrogens with one attached hydrogen (secondary N) is 1. The summed E-state index contributed by atoms with van der Waals surface area (Å²) in [7, 11) is 1.89. The molecule has 0 unspecified atom stereocenters. The molecule has 0 bridgehead atoms. The molecule has 1 aliphatic rings. The van der Waals surface area contributed by atoms with Gasteiger partial charge in [0.25, 0.3) is 6.47 Å². The van der Waals surface area contributed by atoms with Gasteiger partial charge in [0.1, 0.15) is 5.75 Å². The zero-order valence-electron chi connectivity index (χ0n) is 24.5. The Kier molecular flexibility index (Phi) is 12.9. The number of piperazine rings is 1. The molecule has 2 heterocycles. The molecule has 0 saturated carbocycles. The topological polar surface area (TPSA) is 104 Å². The molecule has 1 aromatic heterocycles. The summed E-state index contributed by atoms with van der Waals surface area (Å²) < 4.78 is 10.4. The van der Waals surface area contributed by atoms with Crippen molar-refractivity contribution in [3.05, 3.63) is 70.2 Å². The summed E-state index contributed by atoms with van der Waals surface area (Å²) in [6, 6.07) is 16.5. The Morgan fingerprint density at radius 1 is 1.07 bits per heavy atom. The summed E-state index contributed by atoms with van der Waals surface area (Å²) in [5, 5.41) is 13.2. The number of carbonyl (C=O) groups is 2. The van der Waals surface area contributed by atoms with Crippen molar-refractivity contribution in [3.63, 3.8) is 0 Å². The first-order valence-electron chi connectivity index (χ1n) is 14.0. The van der Waals surface area contributed by atoms with Gasteiger partial charge in [-0.05, 0) is 69.6 Å². The SMILES string of the molecule is CC(C)OC=O.CNCc1cc(OCCc2nc(N3CCN(c4ccccc4)CC3)sc2C)ccc1CCC(=O)O. The molecule has 2 N–H and O–H groups in total. The van der Waals surface area contributed by atoms with Crippen LogP contribution in [0.3, 0.4) is 0 Å². The largest absolute Gasteiger partial charge is 0.493 e. The van der Waals surface area contributed by atoms with E-state index in [2.05, 4.69) is 57.1 Å². The number of benzene rings is 2. The zero-order chi connectivity index (χ0) is 29.6. The van der Waals surface area contributed by atoms with Crippen molar-refractivity contribution < 1.29 is 24.2 Å². The smallest absolute Gasteiger partial charge is 0.303 e. The minimum atomic E-state index is -0.781. The number of carbonyl (C=O) groups excluding carboxylic acids is 1. The summed E-state index contributed by atoms with van der Waals surface area (Å²) in [5.74, 6) is 0.0243. The van der Waals surface area contributed by atoms with Crippen LogP contribution >= 0.6 is 11.3 Å². The molecule has 1 saturated heterocycles. The second kappa shape index (κ2) is 16.6. The van der Waals surface area contributed by atoms with E-state index in [1.165, 1.54) is 10.6 Å². The molecule has 0 amide bonds. The number of rotatable bonds is 13. The number of aryl methyl sites for hydroxylation is 2. The van der Waals surface area contributed by atoms with Gasteiger partial charge in [0.15, 0.2) is 5.13 Å². The predicted octanol–water partition coefficient (Wildman–Crippen LogP) is 4.70. The number of ether oxygens (including phenoxy) is 2. The van der Waals surface area contributed by atoms with Gasteiger partial charge in [-0.25, -0.2) is 4.98 Å². The fraction of sp³-hybridized carbons (Fsp3) is 0.452. The van der Waals surface area contributed by atoms with Gasteiger partial charge in [0, 0.05) is 56.1 Å². The lowest BCUT2D eigenvalue weighted by atomic mass is 10.0. The van der Waals surface area contributed by atoms with Gasteiger partial charge < -0.3 is 29.7 Å². The van der Waals surface area contributed by atoms with E-state index in [0.717, 1.165) is 60.3 Å². The molecule has 41 heavy (non-hydrogen) atoms. The highest BCUT2D eigenvalue weighted by atomic mass is 32.1. The Morgan fingerprint density at radius 3 is 2.39 bits per heavy atom. The number of thiazole rings is 1. The highest BCUT2D eigenvalue weighted by Gasteiger charge is 2.21. The lowest BCUT2D eigenvalue weighted by molar-refractivity contribution is -0.137. The maximum atomic E-state index is 10.9. The third-order valence-electron chi connectivity index (χ3n) is 6.64. The number of carboxylic acids is 1. The molecule has 0 aliphatic carbocycles. The Labute approximate surface area is 247 Å².